The minimum atomic E-state index is 0.0103. The molecule has 0 saturated heterocycles. The fraction of sp³-hybridized carbons (Fsp3) is 0.435. The predicted molar refractivity (Wildman–Crippen MR) is 107 cm³/mol. The van der Waals surface area contributed by atoms with Crippen LogP contribution in [-0.2, 0) is 4.79 Å². The molecule has 2 aromatic carbocycles. The van der Waals surface area contributed by atoms with Crippen molar-refractivity contribution in [3.63, 3.8) is 0 Å². The SMILES string of the molecule is Cc1cc(C)cc(OCCC(=O)NC(c2ccc3c(c2)OCCO3)C2CC2)c1. The summed E-state index contributed by atoms with van der Waals surface area (Å²) >= 11 is 0. The molecular weight excluding hydrogens is 354 g/mol. The molecule has 5 heteroatoms. The first-order chi connectivity index (χ1) is 13.6. The van der Waals surface area contributed by atoms with Crippen LogP contribution in [0.15, 0.2) is 36.4 Å². The molecule has 148 valence electrons. The summed E-state index contributed by atoms with van der Waals surface area (Å²) < 4.78 is 17.1. The average molecular weight is 381 g/mol. The van der Waals surface area contributed by atoms with Crippen molar-refractivity contribution in [3.8, 4) is 17.2 Å². The lowest BCUT2D eigenvalue weighted by Crippen LogP contribution is -2.31. The Kier molecular flexibility index (Phi) is 5.42. The Balaban J connectivity index is 1.35. The Labute approximate surface area is 166 Å². The molecule has 0 spiro atoms. The largest absolute Gasteiger partial charge is 0.493 e. The van der Waals surface area contributed by atoms with Gasteiger partial charge in [-0.05, 0) is 73.6 Å². The Morgan fingerprint density at radius 3 is 2.50 bits per heavy atom. The van der Waals surface area contributed by atoms with Crippen LogP contribution in [0.1, 0.15) is 42.0 Å². The highest BCUT2D eigenvalue weighted by molar-refractivity contribution is 5.76. The monoisotopic (exact) mass is 381 g/mol. The molecule has 1 saturated carbocycles. The predicted octanol–water partition coefficient (Wildman–Crippen LogP) is 4.11. The zero-order chi connectivity index (χ0) is 19.5. The Morgan fingerprint density at radius 1 is 1.07 bits per heavy atom. The normalized spacial score (nSPS) is 16.4. The molecule has 0 aromatic heterocycles. The van der Waals surface area contributed by atoms with Crippen LogP contribution in [0.5, 0.6) is 17.2 Å². The molecule has 2 aromatic rings. The number of fused-ring (bicyclic) bond motifs is 1. The molecule has 1 fully saturated rings. The standard InChI is InChI=1S/C23H27NO4/c1-15-11-16(2)13-19(12-15)26-8-7-22(25)24-23(17-3-4-17)18-5-6-20-21(14-18)28-10-9-27-20/h5-6,11-14,17,23H,3-4,7-10H2,1-2H3,(H,24,25). The summed E-state index contributed by atoms with van der Waals surface area (Å²) in [6.45, 7) is 5.59. The number of amides is 1. The van der Waals surface area contributed by atoms with Gasteiger partial charge in [-0.3, -0.25) is 4.79 Å². The smallest absolute Gasteiger partial charge is 0.223 e. The molecule has 5 nitrogen and oxygen atoms in total. The van der Waals surface area contributed by atoms with Gasteiger partial charge in [0.1, 0.15) is 19.0 Å². The van der Waals surface area contributed by atoms with Crippen LogP contribution in [0.25, 0.3) is 0 Å². The number of benzene rings is 2. The maximum Gasteiger partial charge on any atom is 0.223 e. The van der Waals surface area contributed by atoms with Gasteiger partial charge in [-0.15, -0.1) is 0 Å². The molecule has 1 amide bonds. The van der Waals surface area contributed by atoms with E-state index in [2.05, 4.69) is 11.4 Å². The van der Waals surface area contributed by atoms with Gasteiger partial charge in [0, 0.05) is 0 Å². The number of carbonyl (C=O) groups is 1. The second kappa shape index (κ2) is 8.13. The molecule has 2 aliphatic rings. The fourth-order valence-corrected chi connectivity index (χ4v) is 3.68. The molecule has 4 rings (SSSR count). The maximum atomic E-state index is 12.5. The highest BCUT2D eigenvalue weighted by atomic mass is 16.6. The highest BCUT2D eigenvalue weighted by Gasteiger charge is 2.34. The lowest BCUT2D eigenvalue weighted by Gasteiger charge is -2.23. The number of ether oxygens (including phenoxy) is 3. The summed E-state index contributed by atoms with van der Waals surface area (Å²) in [6, 6.07) is 12.1. The lowest BCUT2D eigenvalue weighted by molar-refractivity contribution is -0.122. The lowest BCUT2D eigenvalue weighted by atomic mass is 10.0. The second-order valence-corrected chi connectivity index (χ2v) is 7.71. The van der Waals surface area contributed by atoms with E-state index < -0.39 is 0 Å². The Bertz CT molecular complexity index is 839. The molecule has 1 unspecified atom stereocenters. The van der Waals surface area contributed by atoms with Crippen LogP contribution in [0.4, 0.5) is 0 Å². The van der Waals surface area contributed by atoms with Gasteiger partial charge in [0.2, 0.25) is 5.91 Å². The van der Waals surface area contributed by atoms with Crippen molar-refractivity contribution in [1.82, 2.24) is 5.32 Å². The summed E-state index contributed by atoms with van der Waals surface area (Å²) in [5.41, 5.74) is 3.40. The molecule has 28 heavy (non-hydrogen) atoms. The van der Waals surface area contributed by atoms with Gasteiger partial charge < -0.3 is 19.5 Å². The summed E-state index contributed by atoms with van der Waals surface area (Å²) in [4.78, 5) is 12.5. The Hall–Kier alpha value is -2.69. The van der Waals surface area contributed by atoms with Crippen molar-refractivity contribution in [2.24, 2.45) is 5.92 Å². The molecule has 1 N–H and O–H groups in total. The van der Waals surface area contributed by atoms with Crippen LogP contribution in [0.3, 0.4) is 0 Å². The van der Waals surface area contributed by atoms with E-state index in [1.807, 2.05) is 44.2 Å². The average Bonchev–Trinajstić information content (AvgIpc) is 3.50. The maximum absolute atomic E-state index is 12.5. The van der Waals surface area contributed by atoms with E-state index in [0.717, 1.165) is 46.8 Å². The minimum Gasteiger partial charge on any atom is -0.493 e. The minimum absolute atomic E-state index is 0.0103. The highest BCUT2D eigenvalue weighted by Crippen LogP contribution is 2.43. The first kappa shape index (κ1) is 18.7. The van der Waals surface area contributed by atoms with Gasteiger partial charge in [-0.1, -0.05) is 12.1 Å². The fourth-order valence-electron chi connectivity index (χ4n) is 3.68. The first-order valence-electron chi connectivity index (χ1n) is 9.98. The van der Waals surface area contributed by atoms with E-state index in [0.29, 0.717) is 32.2 Å². The van der Waals surface area contributed by atoms with Crippen LogP contribution in [0, 0.1) is 19.8 Å². The van der Waals surface area contributed by atoms with Crippen molar-refractivity contribution in [2.75, 3.05) is 19.8 Å². The second-order valence-electron chi connectivity index (χ2n) is 7.71. The van der Waals surface area contributed by atoms with E-state index in [9.17, 15) is 4.79 Å². The van der Waals surface area contributed by atoms with Crippen LogP contribution >= 0.6 is 0 Å². The Morgan fingerprint density at radius 2 is 1.79 bits per heavy atom. The third kappa shape index (κ3) is 4.58. The van der Waals surface area contributed by atoms with Gasteiger partial charge in [-0.2, -0.15) is 0 Å². The van der Waals surface area contributed by atoms with E-state index in [4.69, 9.17) is 14.2 Å². The quantitative estimate of drug-likeness (QED) is 0.784. The van der Waals surface area contributed by atoms with Crippen molar-refractivity contribution in [2.45, 2.75) is 39.2 Å². The molecular formula is C23H27NO4. The van der Waals surface area contributed by atoms with Gasteiger partial charge >= 0.3 is 0 Å². The molecule has 0 radical (unpaired) electrons. The zero-order valence-corrected chi connectivity index (χ0v) is 16.5. The van der Waals surface area contributed by atoms with E-state index in [1.54, 1.807) is 0 Å². The number of carbonyl (C=O) groups excluding carboxylic acids is 1. The number of rotatable bonds is 7. The van der Waals surface area contributed by atoms with E-state index in [1.165, 1.54) is 0 Å². The number of aryl methyl sites for hydroxylation is 2. The van der Waals surface area contributed by atoms with Crippen LogP contribution in [-0.4, -0.2) is 25.7 Å². The first-order valence-corrected chi connectivity index (χ1v) is 9.98. The third-order valence-electron chi connectivity index (χ3n) is 5.13. The zero-order valence-electron chi connectivity index (χ0n) is 16.5. The van der Waals surface area contributed by atoms with Crippen molar-refractivity contribution >= 4 is 5.91 Å². The summed E-state index contributed by atoms with van der Waals surface area (Å²) in [7, 11) is 0. The summed E-state index contributed by atoms with van der Waals surface area (Å²) in [5.74, 6) is 2.86. The van der Waals surface area contributed by atoms with E-state index in [-0.39, 0.29) is 11.9 Å². The number of hydrogen-bond acceptors (Lipinski definition) is 4. The number of hydrogen-bond donors (Lipinski definition) is 1. The van der Waals surface area contributed by atoms with Crippen LogP contribution in [0.2, 0.25) is 0 Å². The summed E-state index contributed by atoms with van der Waals surface area (Å²) in [6.07, 6.45) is 2.61. The van der Waals surface area contributed by atoms with Gasteiger partial charge in [0.25, 0.3) is 0 Å². The molecule has 1 aliphatic carbocycles. The molecule has 1 heterocycles. The number of nitrogens with one attached hydrogen (secondary N) is 1. The van der Waals surface area contributed by atoms with E-state index >= 15 is 0 Å². The third-order valence-corrected chi connectivity index (χ3v) is 5.13. The van der Waals surface area contributed by atoms with Gasteiger partial charge in [-0.25, -0.2) is 0 Å². The van der Waals surface area contributed by atoms with Gasteiger partial charge in [0.05, 0.1) is 19.1 Å². The topological polar surface area (TPSA) is 56.8 Å². The van der Waals surface area contributed by atoms with Crippen molar-refractivity contribution in [3.05, 3.63) is 53.1 Å². The summed E-state index contributed by atoms with van der Waals surface area (Å²) in [5, 5.41) is 3.20. The van der Waals surface area contributed by atoms with Gasteiger partial charge in [0.15, 0.2) is 11.5 Å². The molecule has 1 atom stereocenters. The van der Waals surface area contributed by atoms with Crippen molar-refractivity contribution < 1.29 is 19.0 Å². The molecule has 1 aliphatic heterocycles. The molecule has 0 bridgehead atoms. The van der Waals surface area contributed by atoms with Crippen molar-refractivity contribution in [1.29, 1.82) is 0 Å². The van der Waals surface area contributed by atoms with Crippen LogP contribution < -0.4 is 19.5 Å².